The summed E-state index contributed by atoms with van der Waals surface area (Å²) in [7, 11) is 0. The second kappa shape index (κ2) is 11.0. The van der Waals surface area contributed by atoms with Gasteiger partial charge < -0.3 is 14.2 Å². The number of aromatic nitrogens is 2. The number of nitrogens with zero attached hydrogens (tertiary/aromatic N) is 3. The Labute approximate surface area is 261 Å². The van der Waals surface area contributed by atoms with Crippen molar-refractivity contribution in [2.45, 2.75) is 32.7 Å². The minimum atomic E-state index is -0.575. The van der Waals surface area contributed by atoms with E-state index in [0.717, 1.165) is 27.9 Å². The second-order valence-electron chi connectivity index (χ2n) is 12.4. The summed E-state index contributed by atoms with van der Waals surface area (Å²) in [4.78, 5) is 33.5. The summed E-state index contributed by atoms with van der Waals surface area (Å²) in [5.74, 6) is 0.188. The zero-order chi connectivity index (χ0) is 31.3. The molecule has 1 atom stereocenters. The van der Waals surface area contributed by atoms with E-state index in [0.29, 0.717) is 29.2 Å². The fraction of sp³-hybridized carbons (Fsp3) is 0.216. The molecule has 45 heavy (non-hydrogen) atoms. The molecule has 2 aliphatic rings. The third-order valence-corrected chi connectivity index (χ3v) is 9.05. The van der Waals surface area contributed by atoms with Gasteiger partial charge in [-0.25, -0.2) is 14.2 Å². The minimum Gasteiger partial charge on any atom is -0.448 e. The predicted octanol–water partition coefficient (Wildman–Crippen LogP) is 7.90. The number of halogens is 1. The lowest BCUT2D eigenvalue weighted by Gasteiger charge is -2.53. The number of imidazole rings is 1. The van der Waals surface area contributed by atoms with Crippen molar-refractivity contribution >= 4 is 17.7 Å². The predicted molar refractivity (Wildman–Crippen MR) is 171 cm³/mol. The van der Waals surface area contributed by atoms with Gasteiger partial charge in [0.2, 0.25) is 0 Å². The van der Waals surface area contributed by atoms with E-state index in [1.165, 1.54) is 12.1 Å². The highest BCUT2D eigenvalue weighted by atomic mass is 19.1. The second-order valence-corrected chi connectivity index (χ2v) is 12.4. The van der Waals surface area contributed by atoms with E-state index in [2.05, 4.69) is 48.4 Å². The van der Waals surface area contributed by atoms with Crippen LogP contribution in [0.15, 0.2) is 103 Å². The molecule has 1 saturated heterocycles. The van der Waals surface area contributed by atoms with Crippen LogP contribution in [0.4, 0.5) is 14.9 Å². The van der Waals surface area contributed by atoms with Gasteiger partial charge >= 0.3 is 6.09 Å². The number of anilines is 1. The summed E-state index contributed by atoms with van der Waals surface area (Å²) in [5.41, 5.74) is 6.81. The van der Waals surface area contributed by atoms with Crippen molar-refractivity contribution in [3.05, 3.63) is 137 Å². The number of nitrogens with one attached hydrogen (secondary N) is 1. The molecule has 0 radical (unpaired) electrons. The Morgan fingerprint density at radius 1 is 0.933 bits per heavy atom. The molecule has 0 saturated carbocycles. The molecule has 1 N–H and O–H groups in total. The molecule has 1 aliphatic heterocycles. The Kier molecular flexibility index (Phi) is 7.00. The lowest BCUT2D eigenvalue weighted by Crippen LogP contribution is -2.58. The normalized spacial score (nSPS) is 16.4. The number of hydrogen-bond donors (Lipinski definition) is 1. The number of rotatable bonds is 6. The highest BCUT2D eigenvalue weighted by Gasteiger charge is 2.51. The molecule has 2 amide bonds. The third-order valence-electron chi connectivity index (χ3n) is 9.05. The average molecular weight is 601 g/mol. The number of likely N-dealkylation sites (tertiary alicyclic amines) is 1. The summed E-state index contributed by atoms with van der Waals surface area (Å²) in [6.45, 7) is 6.77. The largest absolute Gasteiger partial charge is 0.448 e. The van der Waals surface area contributed by atoms with E-state index in [4.69, 9.17) is 4.74 Å². The molecule has 0 spiro atoms. The highest BCUT2D eigenvalue weighted by molar-refractivity contribution is 5.99. The van der Waals surface area contributed by atoms with Crippen molar-refractivity contribution in [3.8, 4) is 16.8 Å². The molecule has 5 aromatic rings. The van der Waals surface area contributed by atoms with Crippen LogP contribution in [0.1, 0.15) is 58.7 Å². The van der Waals surface area contributed by atoms with Crippen LogP contribution in [-0.2, 0) is 4.74 Å². The number of amides is 2. The van der Waals surface area contributed by atoms with E-state index in [1.807, 2.05) is 46.9 Å². The minimum absolute atomic E-state index is 0.0497. The first-order chi connectivity index (χ1) is 21.7. The smallest absolute Gasteiger partial charge is 0.411 e. The lowest BCUT2D eigenvalue weighted by molar-refractivity contribution is -0.0370. The van der Waals surface area contributed by atoms with E-state index in [-0.39, 0.29) is 35.7 Å². The summed E-state index contributed by atoms with van der Waals surface area (Å²) < 4.78 is 21.3. The first-order valence-corrected chi connectivity index (χ1v) is 15.0. The summed E-state index contributed by atoms with van der Waals surface area (Å²) in [5, 5.41) is 2.86. The van der Waals surface area contributed by atoms with Gasteiger partial charge in [0.25, 0.3) is 5.91 Å². The van der Waals surface area contributed by atoms with Gasteiger partial charge in [-0.3, -0.25) is 10.1 Å². The SMILES string of the molecule is Cc1c(NC(=O)OCC2c3ccccc3-c3ccccc32)cccc1C(=O)N1CC(C)(C)C1c1nccn1-c1ccc(F)cc1. The zero-order valence-electron chi connectivity index (χ0n) is 25.3. The van der Waals surface area contributed by atoms with Gasteiger partial charge in [-0.1, -0.05) is 68.4 Å². The van der Waals surface area contributed by atoms with Gasteiger partial charge in [-0.15, -0.1) is 0 Å². The van der Waals surface area contributed by atoms with Crippen LogP contribution in [0.3, 0.4) is 0 Å². The Bertz CT molecular complexity index is 1880. The van der Waals surface area contributed by atoms with Crippen molar-refractivity contribution in [1.82, 2.24) is 14.5 Å². The summed E-state index contributed by atoms with van der Waals surface area (Å²) in [6.07, 6.45) is 2.94. The van der Waals surface area contributed by atoms with Gasteiger partial charge in [0.05, 0.1) is 6.04 Å². The van der Waals surface area contributed by atoms with E-state index in [1.54, 1.807) is 36.5 Å². The van der Waals surface area contributed by atoms with Crippen LogP contribution in [-0.4, -0.2) is 39.6 Å². The van der Waals surface area contributed by atoms with E-state index < -0.39 is 6.09 Å². The molecule has 1 fully saturated rings. The molecule has 4 aromatic carbocycles. The number of carbonyl (C=O) groups is 2. The highest BCUT2D eigenvalue weighted by Crippen LogP contribution is 2.49. The van der Waals surface area contributed by atoms with Crippen molar-refractivity contribution in [1.29, 1.82) is 0 Å². The Hall–Kier alpha value is -5.24. The topological polar surface area (TPSA) is 76.5 Å². The van der Waals surface area contributed by atoms with Crippen molar-refractivity contribution in [3.63, 3.8) is 0 Å². The molecular weight excluding hydrogens is 567 g/mol. The van der Waals surface area contributed by atoms with Gasteiger partial charge in [-0.2, -0.15) is 0 Å². The number of carbonyl (C=O) groups excluding carboxylic acids is 2. The monoisotopic (exact) mass is 600 g/mol. The van der Waals surface area contributed by atoms with Crippen LogP contribution < -0.4 is 5.32 Å². The zero-order valence-corrected chi connectivity index (χ0v) is 25.3. The van der Waals surface area contributed by atoms with Gasteiger partial charge in [0, 0.05) is 47.2 Å². The fourth-order valence-electron chi connectivity index (χ4n) is 6.84. The maximum absolute atomic E-state index is 14.0. The average Bonchev–Trinajstić information content (AvgIpc) is 3.63. The molecule has 7 rings (SSSR count). The van der Waals surface area contributed by atoms with Crippen molar-refractivity contribution in [2.24, 2.45) is 5.41 Å². The molecule has 7 nitrogen and oxygen atoms in total. The summed E-state index contributed by atoms with van der Waals surface area (Å²) in [6, 6.07) is 27.6. The third kappa shape index (κ3) is 4.96. The first kappa shape index (κ1) is 28.5. The molecule has 0 bridgehead atoms. The number of benzene rings is 4. The fourth-order valence-corrected chi connectivity index (χ4v) is 6.84. The van der Waals surface area contributed by atoms with Crippen molar-refractivity contribution in [2.75, 3.05) is 18.5 Å². The number of fused-ring (bicyclic) bond motifs is 3. The molecule has 2 heterocycles. The van der Waals surface area contributed by atoms with E-state index in [9.17, 15) is 14.0 Å². The maximum atomic E-state index is 14.0. The number of ether oxygens (including phenoxy) is 1. The Morgan fingerprint density at radius 2 is 1.60 bits per heavy atom. The first-order valence-electron chi connectivity index (χ1n) is 15.0. The van der Waals surface area contributed by atoms with Crippen LogP contribution in [0.5, 0.6) is 0 Å². The van der Waals surface area contributed by atoms with Crippen LogP contribution in [0.25, 0.3) is 16.8 Å². The van der Waals surface area contributed by atoms with Crippen molar-refractivity contribution < 1.29 is 18.7 Å². The number of hydrogen-bond acceptors (Lipinski definition) is 4. The van der Waals surface area contributed by atoms with Gasteiger partial charge in [-0.05, 0) is 71.1 Å². The molecule has 1 aromatic heterocycles. The standard InChI is InChI=1S/C37H33FN4O3/c1-23-26(35(43)42-22-37(2,3)33(42)34-39-19-20-41(34)25-17-15-24(38)16-18-25)13-8-14-32(23)40-36(44)45-21-31-29-11-6-4-9-27(29)28-10-5-7-12-30(28)31/h4-20,31,33H,21-22H2,1-3H3,(H,40,44). The van der Waals surface area contributed by atoms with Crippen LogP contribution >= 0.6 is 0 Å². The lowest BCUT2D eigenvalue weighted by atomic mass is 9.73. The van der Waals surface area contributed by atoms with E-state index >= 15 is 0 Å². The molecule has 1 aliphatic carbocycles. The molecule has 1 unspecified atom stereocenters. The molecule has 8 heteroatoms. The molecule has 226 valence electrons. The molecular formula is C37H33FN4O3. The quantitative estimate of drug-likeness (QED) is 0.215. The Balaban J connectivity index is 1.08. The summed E-state index contributed by atoms with van der Waals surface area (Å²) >= 11 is 0. The van der Waals surface area contributed by atoms with Crippen LogP contribution in [0, 0.1) is 18.2 Å². The van der Waals surface area contributed by atoms with Crippen LogP contribution in [0.2, 0.25) is 0 Å². The Morgan fingerprint density at radius 3 is 2.27 bits per heavy atom. The maximum Gasteiger partial charge on any atom is 0.411 e. The van der Waals surface area contributed by atoms with Gasteiger partial charge in [0.15, 0.2) is 0 Å². The van der Waals surface area contributed by atoms with Gasteiger partial charge in [0.1, 0.15) is 18.2 Å².